The van der Waals surface area contributed by atoms with Crippen molar-refractivity contribution in [1.82, 2.24) is 0 Å². The first-order valence-electron chi connectivity index (χ1n) is 5.78. The van der Waals surface area contributed by atoms with Crippen molar-refractivity contribution in [3.8, 4) is 0 Å². The van der Waals surface area contributed by atoms with Crippen molar-refractivity contribution in [2.45, 2.75) is 31.2 Å². The van der Waals surface area contributed by atoms with Gasteiger partial charge in [-0.05, 0) is 24.5 Å². The minimum absolute atomic E-state index is 0.269. The van der Waals surface area contributed by atoms with Crippen LogP contribution in [-0.2, 0) is 4.79 Å². The van der Waals surface area contributed by atoms with E-state index in [1.54, 1.807) is 0 Å². The van der Waals surface area contributed by atoms with Crippen LogP contribution in [0.3, 0.4) is 0 Å². The van der Waals surface area contributed by atoms with Crippen LogP contribution in [0.15, 0.2) is 24.3 Å². The number of carbonyl (C=O) groups is 1. The molecule has 1 amide bonds. The predicted molar refractivity (Wildman–Crippen MR) is 65.0 cm³/mol. The monoisotopic (exact) mass is 235 g/mol. The van der Waals surface area contributed by atoms with E-state index in [0.29, 0.717) is 24.3 Å². The maximum absolute atomic E-state index is 11.9. The number of hydrogen-bond donors (Lipinski definition) is 0. The highest BCUT2D eigenvalue weighted by Crippen LogP contribution is 2.42. The highest BCUT2D eigenvalue weighted by atomic mass is 35.5. The van der Waals surface area contributed by atoms with Crippen LogP contribution in [0.25, 0.3) is 0 Å². The minimum atomic E-state index is 0.269. The van der Waals surface area contributed by atoms with Crippen LogP contribution in [-0.4, -0.2) is 17.8 Å². The molecule has 3 heteroatoms. The molecule has 1 fully saturated rings. The minimum Gasteiger partial charge on any atom is -0.309 e. The Balaban J connectivity index is 2.10. The van der Waals surface area contributed by atoms with Crippen LogP contribution < -0.4 is 4.90 Å². The molecule has 2 atom stereocenters. The zero-order valence-corrected chi connectivity index (χ0v) is 9.78. The fourth-order valence-corrected chi connectivity index (χ4v) is 3.24. The summed E-state index contributed by atoms with van der Waals surface area (Å²) in [5.74, 6) is 1.32. The number of rotatable bonds is 1. The van der Waals surface area contributed by atoms with E-state index < -0.39 is 0 Å². The van der Waals surface area contributed by atoms with Gasteiger partial charge in [0.1, 0.15) is 0 Å². The van der Waals surface area contributed by atoms with Crippen molar-refractivity contribution < 1.29 is 4.79 Å². The molecule has 0 bridgehead atoms. The number of halogens is 1. The van der Waals surface area contributed by atoms with Gasteiger partial charge in [0.05, 0.1) is 0 Å². The second-order valence-corrected chi connectivity index (χ2v) is 4.91. The quantitative estimate of drug-likeness (QED) is 0.686. The number of amides is 1. The zero-order chi connectivity index (χ0) is 11.1. The molecule has 1 saturated heterocycles. The second kappa shape index (κ2) is 3.77. The molecule has 2 aliphatic rings. The van der Waals surface area contributed by atoms with Gasteiger partial charge in [-0.3, -0.25) is 4.79 Å². The molecule has 2 nitrogen and oxygen atoms in total. The summed E-state index contributed by atoms with van der Waals surface area (Å²) in [5.41, 5.74) is 2.33. The van der Waals surface area contributed by atoms with Gasteiger partial charge in [-0.1, -0.05) is 18.2 Å². The maximum Gasteiger partial charge on any atom is 0.227 e. The Morgan fingerprint density at radius 3 is 3.00 bits per heavy atom. The van der Waals surface area contributed by atoms with Crippen LogP contribution in [0.4, 0.5) is 5.69 Å². The molecule has 3 rings (SSSR count). The van der Waals surface area contributed by atoms with Gasteiger partial charge in [-0.25, -0.2) is 0 Å². The summed E-state index contributed by atoms with van der Waals surface area (Å²) in [5, 5.41) is 0. The van der Waals surface area contributed by atoms with Crippen LogP contribution in [0, 0.1) is 0 Å². The molecule has 1 aromatic rings. The van der Waals surface area contributed by atoms with E-state index in [2.05, 4.69) is 6.07 Å². The van der Waals surface area contributed by atoms with Crippen LogP contribution >= 0.6 is 11.6 Å². The molecule has 0 saturated carbocycles. The molecule has 0 aromatic heterocycles. The van der Waals surface area contributed by atoms with E-state index in [1.807, 2.05) is 23.1 Å². The SMILES string of the molecule is O=C1CC[C@@H]2C[C@H](CCl)c3ccccc3N12. The Bertz CT molecular complexity index is 432. The molecule has 84 valence electrons. The average Bonchev–Trinajstić information content (AvgIpc) is 2.70. The van der Waals surface area contributed by atoms with Crippen LogP contribution in [0.1, 0.15) is 30.7 Å². The maximum atomic E-state index is 11.9. The number of benzene rings is 1. The van der Waals surface area contributed by atoms with Crippen molar-refractivity contribution >= 4 is 23.2 Å². The zero-order valence-electron chi connectivity index (χ0n) is 9.03. The fraction of sp³-hybridized carbons (Fsp3) is 0.462. The predicted octanol–water partition coefficient (Wildman–Crippen LogP) is 2.91. The Morgan fingerprint density at radius 2 is 2.19 bits per heavy atom. The van der Waals surface area contributed by atoms with Gasteiger partial charge < -0.3 is 4.90 Å². The van der Waals surface area contributed by atoms with Gasteiger partial charge in [-0.15, -0.1) is 11.6 Å². The first-order chi connectivity index (χ1) is 7.81. The van der Waals surface area contributed by atoms with Gasteiger partial charge in [0, 0.05) is 29.9 Å². The third kappa shape index (κ3) is 1.36. The summed E-state index contributed by atoms with van der Waals surface area (Å²) < 4.78 is 0. The molecular formula is C13H14ClNO. The standard InChI is InChI=1S/C13H14ClNO/c14-8-9-7-10-5-6-13(16)15(10)12-4-2-1-3-11(9)12/h1-4,9-10H,5-8H2/t9-,10-/m1/s1. The highest BCUT2D eigenvalue weighted by Gasteiger charge is 2.39. The summed E-state index contributed by atoms with van der Waals surface area (Å²) in [6.45, 7) is 0. The van der Waals surface area contributed by atoms with E-state index in [0.717, 1.165) is 18.5 Å². The summed E-state index contributed by atoms with van der Waals surface area (Å²) in [6, 6.07) is 8.55. The Morgan fingerprint density at radius 1 is 1.38 bits per heavy atom. The van der Waals surface area contributed by atoms with E-state index in [-0.39, 0.29) is 5.91 Å². The molecule has 0 spiro atoms. The largest absolute Gasteiger partial charge is 0.309 e. The lowest BCUT2D eigenvalue weighted by Crippen LogP contribution is -2.38. The van der Waals surface area contributed by atoms with Gasteiger partial charge >= 0.3 is 0 Å². The van der Waals surface area contributed by atoms with Gasteiger partial charge in [0.15, 0.2) is 0 Å². The second-order valence-electron chi connectivity index (χ2n) is 4.60. The van der Waals surface area contributed by atoms with E-state index in [4.69, 9.17) is 11.6 Å². The Labute approximate surface area is 100 Å². The third-order valence-electron chi connectivity index (χ3n) is 3.70. The van der Waals surface area contributed by atoms with Gasteiger partial charge in [-0.2, -0.15) is 0 Å². The molecule has 2 aliphatic heterocycles. The molecule has 0 aliphatic carbocycles. The van der Waals surface area contributed by atoms with E-state index in [9.17, 15) is 4.79 Å². The van der Waals surface area contributed by atoms with Crippen LogP contribution in [0.5, 0.6) is 0 Å². The summed E-state index contributed by atoms with van der Waals surface area (Å²) in [7, 11) is 0. The first-order valence-corrected chi connectivity index (χ1v) is 6.31. The molecule has 16 heavy (non-hydrogen) atoms. The third-order valence-corrected chi connectivity index (χ3v) is 4.08. The summed E-state index contributed by atoms with van der Waals surface area (Å²) in [4.78, 5) is 13.8. The summed E-state index contributed by atoms with van der Waals surface area (Å²) in [6.07, 6.45) is 2.70. The lowest BCUT2D eigenvalue weighted by atomic mass is 9.87. The number of hydrogen-bond acceptors (Lipinski definition) is 1. The number of anilines is 1. The molecule has 1 aromatic carbocycles. The van der Waals surface area contributed by atoms with Gasteiger partial charge in [0.25, 0.3) is 0 Å². The molecule has 0 N–H and O–H groups in total. The number of carbonyl (C=O) groups excluding carboxylic acids is 1. The van der Waals surface area contributed by atoms with Crippen molar-refractivity contribution in [3.05, 3.63) is 29.8 Å². The average molecular weight is 236 g/mol. The molecule has 2 heterocycles. The Kier molecular flexibility index (Phi) is 2.40. The number of fused-ring (bicyclic) bond motifs is 3. The van der Waals surface area contributed by atoms with Crippen molar-refractivity contribution in [1.29, 1.82) is 0 Å². The first kappa shape index (κ1) is 10.2. The summed E-state index contributed by atoms with van der Waals surface area (Å²) >= 11 is 6.03. The topological polar surface area (TPSA) is 20.3 Å². The lowest BCUT2D eigenvalue weighted by molar-refractivity contribution is -0.117. The lowest BCUT2D eigenvalue weighted by Gasteiger charge is -2.36. The van der Waals surface area contributed by atoms with Crippen molar-refractivity contribution in [2.75, 3.05) is 10.8 Å². The van der Waals surface area contributed by atoms with E-state index >= 15 is 0 Å². The van der Waals surface area contributed by atoms with Crippen molar-refractivity contribution in [3.63, 3.8) is 0 Å². The van der Waals surface area contributed by atoms with E-state index in [1.165, 1.54) is 5.56 Å². The van der Waals surface area contributed by atoms with Gasteiger partial charge in [0.2, 0.25) is 5.91 Å². The highest BCUT2D eigenvalue weighted by molar-refractivity contribution is 6.18. The van der Waals surface area contributed by atoms with Crippen LogP contribution in [0.2, 0.25) is 0 Å². The number of alkyl halides is 1. The fourth-order valence-electron chi connectivity index (χ4n) is 2.95. The number of para-hydroxylation sites is 1. The molecule has 0 unspecified atom stereocenters. The van der Waals surface area contributed by atoms with Crippen molar-refractivity contribution in [2.24, 2.45) is 0 Å². The molecule has 0 radical (unpaired) electrons. The normalized spacial score (nSPS) is 27.8. The smallest absolute Gasteiger partial charge is 0.227 e. The number of nitrogens with zero attached hydrogens (tertiary/aromatic N) is 1. The Hall–Kier alpha value is -1.02. The molecular weight excluding hydrogens is 222 g/mol.